The fourth-order valence-electron chi connectivity index (χ4n) is 1.38. The first-order valence-corrected chi connectivity index (χ1v) is 5.50. The number of nitrogens with two attached hydrogens (primary N) is 1. The maximum absolute atomic E-state index is 5.54. The summed E-state index contributed by atoms with van der Waals surface area (Å²) in [7, 11) is 0. The lowest BCUT2D eigenvalue weighted by Crippen LogP contribution is -2.12. The van der Waals surface area contributed by atoms with Gasteiger partial charge in [0.2, 0.25) is 5.90 Å². The summed E-state index contributed by atoms with van der Waals surface area (Å²) in [6, 6.07) is 7.53. The van der Waals surface area contributed by atoms with Gasteiger partial charge in [0, 0.05) is 5.56 Å². The van der Waals surface area contributed by atoms with E-state index in [0.29, 0.717) is 18.3 Å². The molecule has 0 aromatic heterocycles. The highest BCUT2D eigenvalue weighted by molar-refractivity contribution is 6.28. The molecule has 1 aliphatic rings. The van der Waals surface area contributed by atoms with E-state index in [1.165, 1.54) is 0 Å². The summed E-state index contributed by atoms with van der Waals surface area (Å²) in [5, 5.41) is 0. The van der Waals surface area contributed by atoms with Gasteiger partial charge in [-0.15, -0.1) is 11.6 Å². The standard InChI is InChI=1S/C11H12ClN3O/c12-7-10(13)15-9-3-1-8(2-4-9)11-14-5-6-16-11/h1-4H,5-7H2,(H2,13,15). The largest absolute Gasteiger partial charge is 0.476 e. The zero-order chi connectivity index (χ0) is 11.4. The first-order chi connectivity index (χ1) is 7.79. The maximum atomic E-state index is 5.54. The molecule has 0 spiro atoms. The first-order valence-electron chi connectivity index (χ1n) is 4.96. The summed E-state index contributed by atoms with van der Waals surface area (Å²) in [6.45, 7) is 1.39. The van der Waals surface area contributed by atoms with Gasteiger partial charge in [-0.05, 0) is 24.3 Å². The molecule has 0 aliphatic carbocycles. The van der Waals surface area contributed by atoms with E-state index in [-0.39, 0.29) is 5.88 Å². The molecule has 5 heteroatoms. The third kappa shape index (κ3) is 2.52. The predicted octanol–water partition coefficient (Wildman–Crippen LogP) is 1.69. The number of nitrogens with zero attached hydrogens (tertiary/aromatic N) is 2. The number of alkyl halides is 1. The number of hydrogen-bond donors (Lipinski definition) is 1. The summed E-state index contributed by atoms with van der Waals surface area (Å²) in [5.41, 5.74) is 7.27. The molecular formula is C11H12ClN3O. The highest BCUT2D eigenvalue weighted by Crippen LogP contribution is 2.15. The average Bonchev–Trinajstić information content (AvgIpc) is 2.83. The van der Waals surface area contributed by atoms with E-state index in [1.807, 2.05) is 24.3 Å². The Morgan fingerprint density at radius 1 is 1.44 bits per heavy atom. The molecule has 0 bridgehead atoms. The SMILES string of the molecule is NC(CCl)=Nc1ccc(C2=NCCO2)cc1. The molecule has 1 aliphatic heterocycles. The highest BCUT2D eigenvalue weighted by atomic mass is 35.5. The normalized spacial score (nSPS) is 15.8. The van der Waals surface area contributed by atoms with Gasteiger partial charge in [-0.25, -0.2) is 9.98 Å². The summed E-state index contributed by atoms with van der Waals surface area (Å²) in [5.74, 6) is 1.34. The lowest BCUT2D eigenvalue weighted by atomic mass is 10.2. The molecule has 1 aromatic rings. The molecule has 0 amide bonds. The monoisotopic (exact) mass is 237 g/mol. The topological polar surface area (TPSA) is 60.0 Å². The van der Waals surface area contributed by atoms with Gasteiger partial charge in [0.05, 0.1) is 18.1 Å². The summed E-state index contributed by atoms with van der Waals surface area (Å²) >= 11 is 5.54. The zero-order valence-electron chi connectivity index (χ0n) is 8.69. The van der Waals surface area contributed by atoms with Crippen molar-refractivity contribution in [3.63, 3.8) is 0 Å². The molecule has 0 saturated heterocycles. The minimum atomic E-state index is 0.234. The second-order valence-corrected chi connectivity index (χ2v) is 3.59. The van der Waals surface area contributed by atoms with E-state index < -0.39 is 0 Å². The molecule has 0 fully saturated rings. The molecule has 84 valence electrons. The van der Waals surface area contributed by atoms with Crippen LogP contribution in [0.2, 0.25) is 0 Å². The van der Waals surface area contributed by atoms with Gasteiger partial charge in [0.1, 0.15) is 12.4 Å². The van der Waals surface area contributed by atoms with Crippen molar-refractivity contribution in [1.29, 1.82) is 0 Å². The molecule has 1 heterocycles. The van der Waals surface area contributed by atoms with Crippen LogP contribution in [0.4, 0.5) is 5.69 Å². The Hall–Kier alpha value is -1.55. The summed E-state index contributed by atoms with van der Waals surface area (Å²) in [6.07, 6.45) is 0. The molecule has 2 rings (SSSR count). The van der Waals surface area contributed by atoms with Crippen LogP contribution < -0.4 is 5.73 Å². The lowest BCUT2D eigenvalue weighted by Gasteiger charge is -2.02. The van der Waals surface area contributed by atoms with Crippen molar-refractivity contribution in [2.24, 2.45) is 15.7 Å². The van der Waals surface area contributed by atoms with Crippen molar-refractivity contribution in [3.8, 4) is 0 Å². The Balaban J connectivity index is 2.16. The zero-order valence-corrected chi connectivity index (χ0v) is 9.44. The Bertz CT molecular complexity index is 425. The molecule has 2 N–H and O–H groups in total. The second kappa shape index (κ2) is 4.99. The Kier molecular flexibility index (Phi) is 3.41. The van der Waals surface area contributed by atoms with Crippen LogP contribution in [0.1, 0.15) is 5.56 Å². The van der Waals surface area contributed by atoms with E-state index in [1.54, 1.807) is 0 Å². The highest BCUT2D eigenvalue weighted by Gasteiger charge is 2.09. The van der Waals surface area contributed by atoms with E-state index >= 15 is 0 Å². The van der Waals surface area contributed by atoms with Crippen LogP contribution in [-0.2, 0) is 4.74 Å². The van der Waals surface area contributed by atoms with E-state index in [0.717, 1.165) is 17.8 Å². The number of ether oxygens (including phenoxy) is 1. The Labute approximate surface area is 98.8 Å². The van der Waals surface area contributed by atoms with Gasteiger partial charge in [-0.1, -0.05) is 0 Å². The molecule has 0 unspecified atom stereocenters. The number of rotatable bonds is 3. The van der Waals surface area contributed by atoms with Gasteiger partial charge in [0.15, 0.2) is 0 Å². The van der Waals surface area contributed by atoms with Crippen molar-refractivity contribution in [3.05, 3.63) is 29.8 Å². The third-order valence-electron chi connectivity index (χ3n) is 2.11. The van der Waals surface area contributed by atoms with Crippen molar-refractivity contribution in [2.45, 2.75) is 0 Å². The number of hydrogen-bond acceptors (Lipinski definition) is 3. The number of aliphatic imine (C=N–C) groups is 2. The number of benzene rings is 1. The molecule has 0 radical (unpaired) electrons. The molecule has 0 atom stereocenters. The van der Waals surface area contributed by atoms with Crippen LogP contribution in [-0.4, -0.2) is 30.8 Å². The number of halogens is 1. The maximum Gasteiger partial charge on any atom is 0.216 e. The van der Waals surface area contributed by atoms with E-state index in [9.17, 15) is 0 Å². The molecule has 1 aromatic carbocycles. The fourth-order valence-corrected chi connectivity index (χ4v) is 1.44. The molecular weight excluding hydrogens is 226 g/mol. The number of amidine groups is 1. The van der Waals surface area contributed by atoms with Gasteiger partial charge in [0.25, 0.3) is 0 Å². The quantitative estimate of drug-likeness (QED) is 0.494. The van der Waals surface area contributed by atoms with Crippen molar-refractivity contribution in [2.75, 3.05) is 19.0 Å². The minimum absolute atomic E-state index is 0.234. The van der Waals surface area contributed by atoms with Gasteiger partial charge in [-0.3, -0.25) is 0 Å². The molecule has 0 saturated carbocycles. The fraction of sp³-hybridized carbons (Fsp3) is 0.273. The summed E-state index contributed by atoms with van der Waals surface area (Å²) < 4.78 is 5.35. The lowest BCUT2D eigenvalue weighted by molar-refractivity contribution is 0.348. The molecule has 16 heavy (non-hydrogen) atoms. The third-order valence-corrected chi connectivity index (χ3v) is 2.38. The molecule has 4 nitrogen and oxygen atoms in total. The van der Waals surface area contributed by atoms with Crippen LogP contribution in [0.25, 0.3) is 0 Å². The van der Waals surface area contributed by atoms with Crippen LogP contribution in [0.5, 0.6) is 0 Å². The van der Waals surface area contributed by atoms with Gasteiger partial charge in [-0.2, -0.15) is 0 Å². The minimum Gasteiger partial charge on any atom is -0.476 e. The van der Waals surface area contributed by atoms with Crippen molar-refractivity contribution in [1.82, 2.24) is 0 Å². The van der Waals surface area contributed by atoms with Crippen LogP contribution >= 0.6 is 11.6 Å². The van der Waals surface area contributed by atoms with E-state index in [2.05, 4.69) is 9.98 Å². The van der Waals surface area contributed by atoms with Gasteiger partial charge >= 0.3 is 0 Å². The summed E-state index contributed by atoms with van der Waals surface area (Å²) in [4.78, 5) is 8.35. The van der Waals surface area contributed by atoms with Crippen LogP contribution in [0, 0.1) is 0 Å². The van der Waals surface area contributed by atoms with Crippen LogP contribution in [0.3, 0.4) is 0 Å². The van der Waals surface area contributed by atoms with E-state index in [4.69, 9.17) is 22.1 Å². The van der Waals surface area contributed by atoms with Gasteiger partial charge < -0.3 is 10.5 Å². The van der Waals surface area contributed by atoms with Crippen LogP contribution in [0.15, 0.2) is 34.3 Å². The first kappa shape index (κ1) is 11.0. The Morgan fingerprint density at radius 2 is 2.19 bits per heavy atom. The van der Waals surface area contributed by atoms with Crippen molar-refractivity contribution < 1.29 is 4.74 Å². The Morgan fingerprint density at radius 3 is 2.75 bits per heavy atom. The van der Waals surface area contributed by atoms with Crippen molar-refractivity contribution >= 4 is 29.0 Å². The average molecular weight is 238 g/mol. The smallest absolute Gasteiger partial charge is 0.216 e. The predicted molar refractivity (Wildman–Crippen MR) is 65.8 cm³/mol. The second-order valence-electron chi connectivity index (χ2n) is 3.32.